The number of hydrogen-bond donors (Lipinski definition) is 2. The number of ether oxygens (including phenoxy) is 2. The number of rotatable bonds is 4. The number of nitrogens with zero attached hydrogens (tertiary/aromatic N) is 2. The third-order valence-electron chi connectivity index (χ3n) is 5.35. The summed E-state index contributed by atoms with van der Waals surface area (Å²) in [4.78, 5) is 2.54. The summed E-state index contributed by atoms with van der Waals surface area (Å²) in [5.41, 5.74) is 9.54. The third kappa shape index (κ3) is 3.51. The molecule has 1 fully saturated rings. The molecule has 142 valence electrons. The molecule has 6 heteroatoms. The quantitative estimate of drug-likeness (QED) is 0.872. The first-order valence-corrected chi connectivity index (χ1v) is 9.16. The molecule has 0 atom stereocenters. The molecule has 3 N–H and O–H groups in total. The Morgan fingerprint density at radius 2 is 1.77 bits per heavy atom. The van der Waals surface area contributed by atoms with Crippen LogP contribution in [0.15, 0.2) is 18.2 Å². The van der Waals surface area contributed by atoms with E-state index in [0.717, 1.165) is 42.8 Å². The topological polar surface area (TPSA) is 76.4 Å². The molecule has 0 aliphatic carbocycles. The zero-order chi connectivity index (χ0) is 18.9. The maximum absolute atomic E-state index is 6.21. The van der Waals surface area contributed by atoms with Gasteiger partial charge in [0.2, 0.25) is 0 Å². The number of anilines is 1. The molecule has 1 aliphatic rings. The Labute approximate surface area is 155 Å². The number of methoxy groups -OCH3 is 2. The predicted molar refractivity (Wildman–Crippen MR) is 105 cm³/mol. The lowest BCUT2D eigenvalue weighted by atomic mass is 9.87. The summed E-state index contributed by atoms with van der Waals surface area (Å²) in [6.45, 7) is 8.99. The van der Waals surface area contributed by atoms with Crippen LogP contribution in [0.1, 0.15) is 45.2 Å². The highest BCUT2D eigenvalue weighted by molar-refractivity contribution is 5.78. The molecule has 0 radical (unpaired) electrons. The number of likely N-dealkylation sites (tertiary alicyclic amines) is 1. The van der Waals surface area contributed by atoms with Gasteiger partial charge in [0.1, 0.15) is 0 Å². The molecular weight excluding hydrogens is 328 g/mol. The van der Waals surface area contributed by atoms with E-state index in [-0.39, 0.29) is 5.54 Å². The van der Waals surface area contributed by atoms with Gasteiger partial charge in [-0.25, -0.2) is 0 Å². The summed E-state index contributed by atoms with van der Waals surface area (Å²) >= 11 is 0. The van der Waals surface area contributed by atoms with Crippen LogP contribution >= 0.6 is 0 Å². The Hall–Kier alpha value is -2.21. The maximum atomic E-state index is 6.21. The molecule has 0 amide bonds. The molecule has 1 aromatic heterocycles. The standard InChI is InChI=1S/C20H30N4O2/c1-20(2,3)24-10-8-13(9-11-24)18-17(19(21)23-22-18)14-6-7-15(25-4)16(12-14)26-5/h6-7,12-13H,8-11H2,1-5H3,(H3,21,22,23). The van der Waals surface area contributed by atoms with Crippen molar-refractivity contribution in [2.24, 2.45) is 0 Å². The molecule has 0 saturated carbocycles. The van der Waals surface area contributed by atoms with Crippen molar-refractivity contribution in [3.8, 4) is 22.6 Å². The molecule has 1 saturated heterocycles. The van der Waals surface area contributed by atoms with Crippen molar-refractivity contribution in [2.45, 2.75) is 45.1 Å². The minimum absolute atomic E-state index is 0.212. The molecule has 2 heterocycles. The minimum Gasteiger partial charge on any atom is -0.493 e. The Balaban J connectivity index is 1.89. The summed E-state index contributed by atoms with van der Waals surface area (Å²) in [6, 6.07) is 5.89. The number of benzene rings is 1. The lowest BCUT2D eigenvalue weighted by Crippen LogP contribution is -2.45. The van der Waals surface area contributed by atoms with E-state index in [1.54, 1.807) is 14.2 Å². The molecule has 1 aliphatic heterocycles. The van der Waals surface area contributed by atoms with Crippen LogP contribution in [0, 0.1) is 0 Å². The Bertz CT molecular complexity index is 756. The summed E-state index contributed by atoms with van der Waals surface area (Å²) in [5, 5.41) is 7.50. The average molecular weight is 358 g/mol. The van der Waals surface area contributed by atoms with E-state index in [0.29, 0.717) is 23.2 Å². The molecule has 3 rings (SSSR count). The van der Waals surface area contributed by atoms with Crippen LogP contribution in [0.2, 0.25) is 0 Å². The monoisotopic (exact) mass is 358 g/mol. The summed E-state index contributed by atoms with van der Waals surface area (Å²) < 4.78 is 10.8. The molecular formula is C20H30N4O2. The SMILES string of the molecule is COc1ccc(-c2c(N)n[nH]c2C2CCN(C(C)(C)C)CC2)cc1OC. The molecule has 2 aromatic rings. The normalized spacial score (nSPS) is 16.7. The zero-order valence-corrected chi connectivity index (χ0v) is 16.4. The minimum atomic E-state index is 0.212. The van der Waals surface area contributed by atoms with Crippen LogP contribution in [-0.2, 0) is 0 Å². The number of nitrogens with one attached hydrogen (secondary N) is 1. The van der Waals surface area contributed by atoms with E-state index < -0.39 is 0 Å². The Morgan fingerprint density at radius 3 is 2.35 bits per heavy atom. The van der Waals surface area contributed by atoms with Crippen molar-refractivity contribution in [3.05, 3.63) is 23.9 Å². The van der Waals surface area contributed by atoms with Crippen molar-refractivity contribution < 1.29 is 9.47 Å². The van der Waals surface area contributed by atoms with E-state index in [1.165, 1.54) is 0 Å². The van der Waals surface area contributed by atoms with Gasteiger partial charge >= 0.3 is 0 Å². The maximum Gasteiger partial charge on any atom is 0.161 e. The van der Waals surface area contributed by atoms with Crippen LogP contribution < -0.4 is 15.2 Å². The van der Waals surface area contributed by atoms with Crippen LogP contribution in [-0.4, -0.2) is 47.9 Å². The van der Waals surface area contributed by atoms with Gasteiger partial charge in [-0.2, -0.15) is 5.10 Å². The van der Waals surface area contributed by atoms with Crippen LogP contribution in [0.4, 0.5) is 5.82 Å². The fraction of sp³-hybridized carbons (Fsp3) is 0.550. The average Bonchev–Trinajstić information content (AvgIpc) is 3.02. The van der Waals surface area contributed by atoms with E-state index in [4.69, 9.17) is 15.2 Å². The summed E-state index contributed by atoms with van der Waals surface area (Å²) in [6.07, 6.45) is 2.19. The first kappa shape index (κ1) is 18.6. The van der Waals surface area contributed by atoms with E-state index >= 15 is 0 Å². The van der Waals surface area contributed by atoms with Gasteiger partial charge in [0.05, 0.1) is 14.2 Å². The highest BCUT2D eigenvalue weighted by Crippen LogP contribution is 2.40. The molecule has 0 bridgehead atoms. The van der Waals surface area contributed by atoms with Crippen molar-refractivity contribution in [1.82, 2.24) is 15.1 Å². The van der Waals surface area contributed by atoms with Gasteiger partial charge in [0.15, 0.2) is 17.3 Å². The highest BCUT2D eigenvalue weighted by Gasteiger charge is 2.30. The van der Waals surface area contributed by atoms with Gasteiger partial charge in [-0.1, -0.05) is 6.07 Å². The Morgan fingerprint density at radius 1 is 1.12 bits per heavy atom. The van der Waals surface area contributed by atoms with Gasteiger partial charge in [-0.3, -0.25) is 10.00 Å². The molecule has 6 nitrogen and oxygen atoms in total. The van der Waals surface area contributed by atoms with E-state index in [2.05, 4.69) is 35.9 Å². The number of H-pyrrole nitrogens is 1. The first-order chi connectivity index (χ1) is 12.3. The van der Waals surface area contributed by atoms with Crippen molar-refractivity contribution >= 4 is 5.82 Å². The van der Waals surface area contributed by atoms with E-state index in [1.807, 2.05) is 18.2 Å². The van der Waals surface area contributed by atoms with Crippen LogP contribution in [0.5, 0.6) is 11.5 Å². The highest BCUT2D eigenvalue weighted by atomic mass is 16.5. The lowest BCUT2D eigenvalue weighted by Gasteiger charge is -2.40. The second-order valence-electron chi connectivity index (χ2n) is 7.90. The predicted octanol–water partition coefficient (Wildman–Crippen LogP) is 3.65. The number of hydrogen-bond acceptors (Lipinski definition) is 5. The number of piperidine rings is 1. The molecule has 1 aromatic carbocycles. The second-order valence-corrected chi connectivity index (χ2v) is 7.90. The van der Waals surface area contributed by atoms with Gasteiger partial charge < -0.3 is 15.2 Å². The van der Waals surface area contributed by atoms with Gasteiger partial charge in [-0.15, -0.1) is 0 Å². The Kier molecular flexibility index (Phi) is 5.14. The second kappa shape index (κ2) is 7.19. The number of aromatic nitrogens is 2. The largest absolute Gasteiger partial charge is 0.493 e. The van der Waals surface area contributed by atoms with Gasteiger partial charge in [-0.05, 0) is 64.4 Å². The van der Waals surface area contributed by atoms with Gasteiger partial charge in [0.25, 0.3) is 0 Å². The molecule has 0 spiro atoms. The third-order valence-corrected chi connectivity index (χ3v) is 5.35. The number of nitrogen functional groups attached to an aromatic ring is 1. The summed E-state index contributed by atoms with van der Waals surface area (Å²) in [7, 11) is 3.28. The number of nitrogens with two attached hydrogens (primary N) is 1. The van der Waals surface area contributed by atoms with Gasteiger partial charge in [0, 0.05) is 22.7 Å². The van der Waals surface area contributed by atoms with Crippen LogP contribution in [0.3, 0.4) is 0 Å². The summed E-state index contributed by atoms with van der Waals surface area (Å²) in [5.74, 6) is 2.37. The number of aromatic amines is 1. The van der Waals surface area contributed by atoms with Crippen molar-refractivity contribution in [1.29, 1.82) is 0 Å². The smallest absolute Gasteiger partial charge is 0.161 e. The van der Waals surface area contributed by atoms with Crippen molar-refractivity contribution in [3.63, 3.8) is 0 Å². The zero-order valence-electron chi connectivity index (χ0n) is 16.4. The molecule has 26 heavy (non-hydrogen) atoms. The molecule has 0 unspecified atom stereocenters. The van der Waals surface area contributed by atoms with Crippen molar-refractivity contribution in [2.75, 3.05) is 33.0 Å². The van der Waals surface area contributed by atoms with Crippen LogP contribution in [0.25, 0.3) is 11.1 Å². The first-order valence-electron chi connectivity index (χ1n) is 9.16. The van der Waals surface area contributed by atoms with E-state index in [9.17, 15) is 0 Å². The fourth-order valence-electron chi connectivity index (χ4n) is 3.80. The lowest BCUT2D eigenvalue weighted by molar-refractivity contribution is 0.102. The fourth-order valence-corrected chi connectivity index (χ4v) is 3.80.